The molecule has 1 atom stereocenters. The van der Waals surface area contributed by atoms with Gasteiger partial charge in [0.05, 0.1) is 29.0 Å². The van der Waals surface area contributed by atoms with Gasteiger partial charge in [0.15, 0.2) is 0 Å². The number of para-hydroxylation sites is 2. The number of fused-ring (bicyclic) bond motifs is 1. The molecule has 5 rings (SSSR count). The number of nitrogens with zero attached hydrogens (tertiary/aromatic N) is 3. The molecule has 0 fully saturated rings. The Labute approximate surface area is 232 Å². The van der Waals surface area contributed by atoms with Crippen LogP contribution >= 0.6 is 11.3 Å². The second-order valence-corrected chi connectivity index (χ2v) is 10.2. The summed E-state index contributed by atoms with van der Waals surface area (Å²) in [6.45, 7) is 1.88. The molecular weight excluding hydrogens is 532 g/mol. The van der Waals surface area contributed by atoms with Gasteiger partial charge in [-0.1, -0.05) is 42.5 Å². The SMILES string of the molecule is Cc1cn(C[C@H](NC(=O)OCc2ccccc2)C(=O)O)c(=O)nc1NCc1ccc(-c2nc3ccccc3[nH]2)s1. The number of alkyl carbamates (subject to hydrolysis) is 1. The van der Waals surface area contributed by atoms with Gasteiger partial charge in [0.2, 0.25) is 0 Å². The Balaban J connectivity index is 1.20. The lowest BCUT2D eigenvalue weighted by molar-refractivity contribution is -0.139. The number of nitrogens with one attached hydrogen (secondary N) is 3. The van der Waals surface area contributed by atoms with Crippen LogP contribution in [0, 0.1) is 6.92 Å². The smallest absolute Gasteiger partial charge is 0.408 e. The van der Waals surface area contributed by atoms with E-state index in [1.165, 1.54) is 6.20 Å². The van der Waals surface area contributed by atoms with E-state index in [1.54, 1.807) is 42.5 Å². The number of carboxylic acid groups (broad SMARTS) is 1. The summed E-state index contributed by atoms with van der Waals surface area (Å²) in [4.78, 5) is 50.7. The Morgan fingerprint density at radius 1 is 1.07 bits per heavy atom. The molecule has 0 radical (unpaired) electrons. The monoisotopic (exact) mass is 558 g/mol. The first-order chi connectivity index (χ1) is 19.4. The van der Waals surface area contributed by atoms with Gasteiger partial charge in [-0.25, -0.2) is 19.4 Å². The zero-order valence-corrected chi connectivity index (χ0v) is 22.3. The van der Waals surface area contributed by atoms with Crippen LogP contribution in [0.4, 0.5) is 10.6 Å². The van der Waals surface area contributed by atoms with Crippen molar-refractivity contribution in [2.75, 3.05) is 5.32 Å². The molecule has 0 saturated heterocycles. The fourth-order valence-electron chi connectivity index (χ4n) is 4.04. The lowest BCUT2D eigenvalue weighted by Gasteiger charge is -2.17. The Morgan fingerprint density at radius 2 is 1.85 bits per heavy atom. The van der Waals surface area contributed by atoms with Gasteiger partial charge in [0.1, 0.15) is 24.3 Å². The number of ether oxygens (including phenoxy) is 1. The maximum atomic E-state index is 12.7. The number of imidazole rings is 1. The van der Waals surface area contributed by atoms with Gasteiger partial charge in [-0.05, 0) is 36.8 Å². The van der Waals surface area contributed by atoms with E-state index in [0.29, 0.717) is 17.9 Å². The summed E-state index contributed by atoms with van der Waals surface area (Å²) in [6, 6.07) is 19.4. The van der Waals surface area contributed by atoms with Crippen LogP contribution in [-0.4, -0.2) is 42.7 Å². The number of carbonyl (C=O) groups is 2. The molecule has 0 unspecified atom stereocenters. The van der Waals surface area contributed by atoms with Gasteiger partial charge in [-0.3, -0.25) is 4.57 Å². The third-order valence-electron chi connectivity index (χ3n) is 6.07. The number of H-pyrrole nitrogens is 1. The van der Waals surface area contributed by atoms with E-state index in [0.717, 1.165) is 36.7 Å². The number of hydrogen-bond acceptors (Lipinski definition) is 8. The second-order valence-electron chi connectivity index (χ2n) is 9.03. The number of rotatable bonds is 10. The number of amides is 1. The highest BCUT2D eigenvalue weighted by molar-refractivity contribution is 7.15. The summed E-state index contributed by atoms with van der Waals surface area (Å²) < 4.78 is 6.26. The van der Waals surface area contributed by atoms with Crippen molar-refractivity contribution in [3.8, 4) is 10.7 Å². The number of aryl methyl sites for hydroxylation is 1. The van der Waals surface area contributed by atoms with Crippen molar-refractivity contribution in [1.82, 2.24) is 24.8 Å². The molecular formula is C28H26N6O5S. The third-order valence-corrected chi connectivity index (χ3v) is 7.16. The van der Waals surface area contributed by atoms with E-state index in [1.807, 2.05) is 42.5 Å². The normalized spacial score (nSPS) is 11.7. The van der Waals surface area contributed by atoms with Crippen molar-refractivity contribution in [2.24, 2.45) is 0 Å². The zero-order chi connectivity index (χ0) is 28.1. The van der Waals surface area contributed by atoms with Gasteiger partial charge in [-0.15, -0.1) is 11.3 Å². The van der Waals surface area contributed by atoms with Crippen molar-refractivity contribution in [3.63, 3.8) is 0 Å². The minimum absolute atomic E-state index is 0.00992. The second kappa shape index (κ2) is 11.8. The van der Waals surface area contributed by atoms with E-state index in [9.17, 15) is 19.5 Å². The largest absolute Gasteiger partial charge is 0.480 e. The van der Waals surface area contributed by atoms with Crippen molar-refractivity contribution in [1.29, 1.82) is 0 Å². The number of aliphatic carboxylic acids is 1. The van der Waals surface area contributed by atoms with Gasteiger partial charge in [0.25, 0.3) is 0 Å². The van der Waals surface area contributed by atoms with E-state index in [-0.39, 0.29) is 13.2 Å². The molecule has 0 aliphatic rings. The Morgan fingerprint density at radius 3 is 2.62 bits per heavy atom. The van der Waals surface area contributed by atoms with Crippen molar-refractivity contribution in [3.05, 3.63) is 99.4 Å². The summed E-state index contributed by atoms with van der Waals surface area (Å²) >= 11 is 1.57. The van der Waals surface area contributed by atoms with Gasteiger partial charge in [-0.2, -0.15) is 4.98 Å². The number of thiophene rings is 1. The van der Waals surface area contributed by atoms with Crippen LogP contribution in [0.2, 0.25) is 0 Å². The highest BCUT2D eigenvalue weighted by Gasteiger charge is 2.22. The Bertz CT molecular complexity index is 1680. The third kappa shape index (κ3) is 6.35. The van der Waals surface area contributed by atoms with Crippen molar-refractivity contribution >= 4 is 40.3 Å². The summed E-state index contributed by atoms with van der Waals surface area (Å²) in [5.74, 6) is -0.122. The fourth-order valence-corrected chi connectivity index (χ4v) is 4.93. The van der Waals surface area contributed by atoms with Crippen LogP contribution in [0.3, 0.4) is 0 Å². The van der Waals surface area contributed by atoms with Crippen LogP contribution in [0.5, 0.6) is 0 Å². The number of aromatic nitrogens is 4. The maximum Gasteiger partial charge on any atom is 0.408 e. The molecule has 204 valence electrons. The predicted octanol–water partition coefficient (Wildman–Crippen LogP) is 4.15. The topological polar surface area (TPSA) is 151 Å². The van der Waals surface area contributed by atoms with Gasteiger partial charge in [0, 0.05) is 16.6 Å². The standard InChI is InChI=1S/C28H26N6O5S/c1-17-14-34(15-22(26(35)36)32-28(38)39-16-18-7-3-2-4-8-18)27(37)33-24(17)29-13-19-11-12-23(40-19)25-30-20-9-5-6-10-21(20)31-25/h2-12,14,22H,13,15-16H2,1H3,(H,30,31)(H,32,38)(H,35,36)(H,29,33,37)/t22-/m0/s1. The van der Waals surface area contributed by atoms with Crippen LogP contribution in [0.25, 0.3) is 21.7 Å². The molecule has 12 heteroatoms. The fraction of sp³-hybridized carbons (Fsp3) is 0.179. The molecule has 4 N–H and O–H groups in total. The number of hydrogen-bond donors (Lipinski definition) is 4. The molecule has 3 aromatic heterocycles. The molecule has 11 nitrogen and oxygen atoms in total. The minimum Gasteiger partial charge on any atom is -0.480 e. The van der Waals surface area contributed by atoms with Crippen LogP contribution in [-0.2, 0) is 29.2 Å². The number of carbonyl (C=O) groups excluding carboxylic acids is 1. The molecule has 0 saturated carbocycles. The average molecular weight is 559 g/mol. The quantitative estimate of drug-likeness (QED) is 0.200. The molecule has 1 amide bonds. The highest BCUT2D eigenvalue weighted by Crippen LogP contribution is 2.28. The maximum absolute atomic E-state index is 12.7. The van der Waals surface area contributed by atoms with Crippen LogP contribution in [0.1, 0.15) is 16.0 Å². The number of benzene rings is 2. The van der Waals surface area contributed by atoms with Crippen molar-refractivity contribution in [2.45, 2.75) is 32.7 Å². The zero-order valence-electron chi connectivity index (χ0n) is 21.5. The molecule has 5 aromatic rings. The molecule has 40 heavy (non-hydrogen) atoms. The predicted molar refractivity (Wildman–Crippen MR) is 151 cm³/mol. The first-order valence-electron chi connectivity index (χ1n) is 12.4. The Kier molecular flexibility index (Phi) is 7.87. The highest BCUT2D eigenvalue weighted by atomic mass is 32.1. The van der Waals surface area contributed by atoms with E-state index in [4.69, 9.17) is 4.74 Å². The van der Waals surface area contributed by atoms with Crippen LogP contribution < -0.4 is 16.3 Å². The molecule has 3 heterocycles. The van der Waals surface area contributed by atoms with Crippen LogP contribution in [0.15, 0.2) is 77.7 Å². The van der Waals surface area contributed by atoms with Gasteiger partial charge >= 0.3 is 17.8 Å². The lowest BCUT2D eigenvalue weighted by Crippen LogP contribution is -2.45. The minimum atomic E-state index is -1.39. The lowest BCUT2D eigenvalue weighted by atomic mass is 10.2. The summed E-state index contributed by atoms with van der Waals surface area (Å²) in [6.07, 6.45) is 0.615. The summed E-state index contributed by atoms with van der Waals surface area (Å²) in [5, 5.41) is 15.1. The molecule has 0 aliphatic carbocycles. The number of aromatic amines is 1. The number of anilines is 1. The van der Waals surface area contributed by atoms with Crippen molar-refractivity contribution < 1.29 is 19.4 Å². The summed E-state index contributed by atoms with van der Waals surface area (Å²) in [7, 11) is 0. The average Bonchev–Trinajstić information content (AvgIpc) is 3.60. The van der Waals surface area contributed by atoms with E-state index in [2.05, 4.69) is 25.6 Å². The van der Waals surface area contributed by atoms with Gasteiger partial charge < -0.3 is 25.5 Å². The molecule has 0 spiro atoms. The molecule has 0 bridgehead atoms. The molecule has 0 aliphatic heterocycles. The Hall–Kier alpha value is -4.97. The van der Waals surface area contributed by atoms with E-state index >= 15 is 0 Å². The van der Waals surface area contributed by atoms with E-state index < -0.39 is 23.8 Å². The number of carboxylic acids is 1. The molecule has 2 aromatic carbocycles. The summed E-state index contributed by atoms with van der Waals surface area (Å²) in [5.41, 5.74) is 2.63. The first kappa shape index (κ1) is 26.6. The first-order valence-corrected chi connectivity index (χ1v) is 13.2.